The van der Waals surface area contributed by atoms with Gasteiger partial charge >= 0.3 is 5.91 Å². The molecule has 1 fully saturated rings. The molecule has 7 heteroatoms. The average molecular weight is 445 g/mol. The van der Waals surface area contributed by atoms with Gasteiger partial charge in [0, 0.05) is 16.7 Å². The van der Waals surface area contributed by atoms with Gasteiger partial charge in [-0.25, -0.2) is 0 Å². The summed E-state index contributed by atoms with van der Waals surface area (Å²) in [5.41, 5.74) is 6.25. The molecule has 33 heavy (non-hydrogen) atoms. The van der Waals surface area contributed by atoms with Crippen molar-refractivity contribution in [2.45, 2.75) is 19.0 Å². The van der Waals surface area contributed by atoms with E-state index in [9.17, 15) is 9.59 Å². The van der Waals surface area contributed by atoms with Gasteiger partial charge in [0.2, 0.25) is 12.3 Å². The van der Waals surface area contributed by atoms with E-state index in [0.29, 0.717) is 17.1 Å². The lowest BCUT2D eigenvalue weighted by molar-refractivity contribution is -0.596. The maximum atomic E-state index is 13.0. The highest BCUT2D eigenvalue weighted by Gasteiger charge is 2.47. The molecule has 7 nitrogen and oxygen atoms in total. The summed E-state index contributed by atoms with van der Waals surface area (Å²) < 4.78 is 12.2. The largest absolute Gasteiger partial charge is 0.497 e. The normalized spacial score (nSPS) is 18.6. The first kappa shape index (κ1) is 22.1. The second-order valence-electron chi connectivity index (χ2n) is 7.77. The van der Waals surface area contributed by atoms with E-state index >= 15 is 0 Å². The van der Waals surface area contributed by atoms with Gasteiger partial charge in [-0.1, -0.05) is 18.2 Å². The van der Waals surface area contributed by atoms with Crippen LogP contribution in [-0.4, -0.2) is 43.0 Å². The molecule has 0 saturated carbocycles. The van der Waals surface area contributed by atoms with Crippen LogP contribution in [0.15, 0.2) is 72.8 Å². The zero-order valence-corrected chi connectivity index (χ0v) is 18.7. The van der Waals surface area contributed by atoms with Gasteiger partial charge in [-0.05, 0) is 67.1 Å². The molecule has 0 bridgehead atoms. The van der Waals surface area contributed by atoms with Crippen LogP contribution in [-0.2, 0) is 4.79 Å². The zero-order chi connectivity index (χ0) is 23.4. The molecule has 4 rings (SSSR count). The van der Waals surface area contributed by atoms with Gasteiger partial charge in [0.25, 0.3) is 5.91 Å². The number of nitrogens with one attached hydrogen (secondary N) is 2. The monoisotopic (exact) mass is 444 g/mol. The Morgan fingerprint density at radius 1 is 0.939 bits per heavy atom. The number of ether oxygens (including phenoxy) is 2. The van der Waals surface area contributed by atoms with Crippen molar-refractivity contribution < 1.29 is 23.7 Å². The number of aryl methyl sites for hydroxylation is 1. The summed E-state index contributed by atoms with van der Waals surface area (Å²) in [7, 11) is 3.17. The maximum Gasteiger partial charge on any atom is 0.304 e. The van der Waals surface area contributed by atoms with Gasteiger partial charge in [0.15, 0.2) is 6.04 Å². The number of methoxy groups -OCH3 is 2. The molecule has 0 aliphatic carbocycles. The van der Waals surface area contributed by atoms with Crippen LogP contribution in [0, 0.1) is 6.92 Å². The Kier molecular flexibility index (Phi) is 6.40. The quantitative estimate of drug-likeness (QED) is 0.573. The third-order valence-electron chi connectivity index (χ3n) is 5.70. The van der Waals surface area contributed by atoms with Crippen LogP contribution in [0.1, 0.15) is 33.1 Å². The van der Waals surface area contributed by atoms with Crippen molar-refractivity contribution in [1.29, 1.82) is 0 Å². The second kappa shape index (κ2) is 9.56. The highest BCUT2D eigenvalue weighted by molar-refractivity contribution is 5.98. The molecule has 168 valence electrons. The minimum Gasteiger partial charge on any atom is -0.497 e. The first-order chi connectivity index (χ1) is 16.0. The molecular weight excluding hydrogens is 418 g/mol. The summed E-state index contributed by atoms with van der Waals surface area (Å²) in [4.78, 5) is 26.0. The first-order valence-corrected chi connectivity index (χ1v) is 10.6. The SMILES string of the molecule is COc1ccc(C(=O)N[C@H]2C(=O)N/[N+](=C\c3ccccc3C)[C@H]2c2ccc(OC)cc2)cc1. The van der Waals surface area contributed by atoms with E-state index in [4.69, 9.17) is 9.47 Å². The Morgan fingerprint density at radius 3 is 2.15 bits per heavy atom. The fourth-order valence-electron chi connectivity index (χ4n) is 3.83. The number of hydrogen-bond donors (Lipinski definition) is 2. The van der Waals surface area contributed by atoms with Crippen LogP contribution in [0.4, 0.5) is 0 Å². The van der Waals surface area contributed by atoms with Crippen molar-refractivity contribution in [3.63, 3.8) is 0 Å². The molecule has 1 aliphatic heterocycles. The minimum atomic E-state index is -0.798. The first-order valence-electron chi connectivity index (χ1n) is 10.6. The molecule has 1 aliphatic rings. The molecule has 3 aromatic carbocycles. The van der Waals surface area contributed by atoms with Crippen molar-refractivity contribution in [1.82, 2.24) is 10.7 Å². The van der Waals surface area contributed by atoms with E-state index in [2.05, 4.69) is 10.7 Å². The van der Waals surface area contributed by atoms with Crippen molar-refractivity contribution >= 4 is 18.0 Å². The number of hydrazone groups is 1. The van der Waals surface area contributed by atoms with Crippen LogP contribution >= 0.6 is 0 Å². The van der Waals surface area contributed by atoms with Gasteiger partial charge in [-0.2, -0.15) is 0 Å². The topological polar surface area (TPSA) is 79.7 Å². The van der Waals surface area contributed by atoms with Gasteiger partial charge in [0.05, 0.1) is 14.2 Å². The van der Waals surface area contributed by atoms with E-state index in [1.165, 1.54) is 0 Å². The predicted molar refractivity (Wildman–Crippen MR) is 125 cm³/mol. The third kappa shape index (κ3) is 4.72. The second-order valence-corrected chi connectivity index (χ2v) is 7.77. The molecule has 2 atom stereocenters. The zero-order valence-electron chi connectivity index (χ0n) is 18.7. The Bertz CT molecular complexity index is 1190. The molecule has 0 radical (unpaired) electrons. The lowest BCUT2D eigenvalue weighted by atomic mass is 9.99. The summed E-state index contributed by atoms with van der Waals surface area (Å²) in [6.07, 6.45) is 1.89. The summed E-state index contributed by atoms with van der Waals surface area (Å²) >= 11 is 0. The van der Waals surface area contributed by atoms with Crippen molar-refractivity contribution in [3.05, 3.63) is 95.1 Å². The standard InChI is InChI=1S/C26H25N3O4/c1-17-6-4-5-7-20(17)16-29-24(18-8-12-21(32-2)13-9-18)23(26(31)28-29)27-25(30)19-10-14-22(33-3)15-11-19/h4-16,23-24H,1-3H3,(H-,27,28,30,31)/p+1/b29-16-/t23-,24+/m1/s1. The van der Waals surface area contributed by atoms with Crippen molar-refractivity contribution in [3.8, 4) is 11.5 Å². The Labute approximate surface area is 192 Å². The fraction of sp³-hybridized carbons (Fsp3) is 0.192. The molecular formula is C26H26N3O4+. The minimum absolute atomic E-state index is 0.289. The van der Waals surface area contributed by atoms with Crippen LogP contribution in [0.3, 0.4) is 0 Å². The Morgan fingerprint density at radius 2 is 1.55 bits per heavy atom. The Hall–Kier alpha value is -4.13. The molecule has 2 amide bonds. The number of rotatable bonds is 6. The third-order valence-corrected chi connectivity index (χ3v) is 5.70. The number of carbonyl (C=O) groups is 2. The molecule has 2 N–H and O–H groups in total. The maximum absolute atomic E-state index is 13.0. The summed E-state index contributed by atoms with van der Waals surface area (Å²) in [6, 6.07) is 20.9. The van der Waals surface area contributed by atoms with E-state index in [1.54, 1.807) is 43.2 Å². The fourth-order valence-corrected chi connectivity index (χ4v) is 3.83. The highest BCUT2D eigenvalue weighted by Crippen LogP contribution is 2.27. The number of carbonyl (C=O) groups excluding carboxylic acids is 2. The van der Waals surface area contributed by atoms with Crippen LogP contribution < -0.4 is 20.2 Å². The lowest BCUT2D eigenvalue weighted by Crippen LogP contribution is -2.42. The van der Waals surface area contributed by atoms with E-state index in [0.717, 1.165) is 16.7 Å². The predicted octanol–water partition coefficient (Wildman–Crippen LogP) is 3.03. The van der Waals surface area contributed by atoms with Crippen molar-refractivity contribution in [2.75, 3.05) is 14.2 Å². The molecule has 0 aromatic heterocycles. The molecule has 1 heterocycles. The Balaban J connectivity index is 1.69. The number of hydrogen-bond acceptors (Lipinski definition) is 4. The summed E-state index contributed by atoms with van der Waals surface area (Å²) in [6.45, 7) is 2.01. The van der Waals surface area contributed by atoms with Crippen LogP contribution in [0.2, 0.25) is 0 Å². The van der Waals surface area contributed by atoms with Crippen LogP contribution in [0.5, 0.6) is 11.5 Å². The van der Waals surface area contributed by atoms with Crippen LogP contribution in [0.25, 0.3) is 0 Å². The van der Waals surface area contributed by atoms with E-state index in [1.807, 2.05) is 61.7 Å². The summed E-state index contributed by atoms with van der Waals surface area (Å²) in [5.74, 6) is 0.737. The van der Waals surface area contributed by atoms with E-state index in [-0.39, 0.29) is 11.8 Å². The smallest absolute Gasteiger partial charge is 0.304 e. The summed E-state index contributed by atoms with van der Waals surface area (Å²) in [5, 5.41) is 2.91. The van der Waals surface area contributed by atoms with Gasteiger partial charge in [-0.3, -0.25) is 9.59 Å². The molecule has 3 aromatic rings. The van der Waals surface area contributed by atoms with E-state index < -0.39 is 12.1 Å². The van der Waals surface area contributed by atoms with Gasteiger partial charge in [0.1, 0.15) is 11.5 Å². The number of nitrogens with zero attached hydrogens (tertiary/aromatic N) is 1. The molecule has 0 unspecified atom stereocenters. The van der Waals surface area contributed by atoms with Crippen molar-refractivity contribution in [2.24, 2.45) is 0 Å². The molecule has 1 saturated heterocycles. The lowest BCUT2D eigenvalue weighted by Gasteiger charge is -2.15. The number of benzene rings is 3. The number of amides is 2. The highest BCUT2D eigenvalue weighted by atomic mass is 16.5. The number of hydrazine groups is 1. The molecule has 0 spiro atoms. The van der Waals surface area contributed by atoms with Gasteiger partial charge < -0.3 is 14.8 Å². The average Bonchev–Trinajstić information content (AvgIpc) is 3.14. The van der Waals surface area contributed by atoms with Gasteiger partial charge in [-0.15, -0.1) is 10.1 Å².